The summed E-state index contributed by atoms with van der Waals surface area (Å²) in [4.78, 5) is 30.3. The number of fused-ring (bicyclic) bond motifs is 3. The predicted octanol–water partition coefficient (Wildman–Crippen LogP) is 3.67. The van der Waals surface area contributed by atoms with Gasteiger partial charge in [0.2, 0.25) is 0 Å². The molecule has 0 bridgehead atoms. The summed E-state index contributed by atoms with van der Waals surface area (Å²) in [6.45, 7) is 6.02. The number of hydrogen-bond acceptors (Lipinski definition) is 8. The van der Waals surface area contributed by atoms with Crippen LogP contribution in [-0.2, 0) is 9.59 Å². The number of aliphatic carboxylic acids is 1. The summed E-state index contributed by atoms with van der Waals surface area (Å²) in [5, 5.41) is 19.3. The van der Waals surface area contributed by atoms with Gasteiger partial charge in [0.15, 0.2) is 11.6 Å². The van der Waals surface area contributed by atoms with Crippen molar-refractivity contribution in [3.63, 3.8) is 0 Å². The molecule has 1 unspecified atom stereocenters. The molecule has 2 aromatic heterocycles. The van der Waals surface area contributed by atoms with Gasteiger partial charge in [-0.15, -0.1) is 21.5 Å². The minimum Gasteiger partial charge on any atom is -0.480 e. The van der Waals surface area contributed by atoms with E-state index in [1.165, 1.54) is 0 Å². The lowest BCUT2D eigenvalue weighted by Gasteiger charge is -2.16. The smallest absolute Gasteiger partial charge is 0.320 e. The molecule has 3 atom stereocenters. The van der Waals surface area contributed by atoms with Gasteiger partial charge in [0.05, 0.1) is 11.8 Å². The van der Waals surface area contributed by atoms with Crippen molar-refractivity contribution in [2.75, 3.05) is 0 Å². The quantitative estimate of drug-likeness (QED) is 0.383. The van der Waals surface area contributed by atoms with Gasteiger partial charge in [-0.2, -0.15) is 0 Å². The monoisotopic (exact) mass is 528 g/mol. The van der Waals surface area contributed by atoms with Gasteiger partial charge >= 0.3 is 5.97 Å². The number of rotatable bonds is 9. The van der Waals surface area contributed by atoms with E-state index in [-0.39, 0.29) is 18.6 Å². The van der Waals surface area contributed by atoms with Gasteiger partial charge in [-0.05, 0) is 57.7 Å². The maximum Gasteiger partial charge on any atom is 0.320 e. The predicted molar refractivity (Wildman–Crippen MR) is 140 cm³/mol. The first-order chi connectivity index (χ1) is 17.1. The number of nitrogens with two attached hydrogens (primary N) is 2. The molecule has 0 saturated carbocycles. The summed E-state index contributed by atoms with van der Waals surface area (Å²) < 4.78 is 1.99. The zero-order valence-corrected chi connectivity index (χ0v) is 21.9. The third-order valence-electron chi connectivity index (χ3n) is 6.51. The number of carbonyl (C=O) groups excluding carboxylic acids is 1. The van der Waals surface area contributed by atoms with Crippen molar-refractivity contribution in [2.45, 2.75) is 64.6 Å². The van der Waals surface area contributed by atoms with E-state index in [4.69, 9.17) is 33.2 Å². The standard InChI is InChI=1S/C25H29ClN6O3S/c1-12-13(2)36-24-21(12)22(15-7-9-16(26)10-8-15)29-19(23-31-30-14(3)32(23)24)11-20(33)17(27)5-4-6-18(28)25(34)35/h7-10,17-19H,4-6,11,27-28H2,1-3H3,(H,34,35)/t17?,18-,19-/m0/s1. The van der Waals surface area contributed by atoms with E-state index >= 15 is 0 Å². The fourth-order valence-corrected chi connectivity index (χ4v) is 5.66. The van der Waals surface area contributed by atoms with Crippen LogP contribution in [-0.4, -0.2) is 49.4 Å². The Hall–Kier alpha value is -2.92. The molecule has 0 saturated heterocycles. The molecule has 36 heavy (non-hydrogen) atoms. The Bertz CT molecular complexity index is 1330. The topological polar surface area (TPSA) is 149 Å². The number of hydrogen-bond donors (Lipinski definition) is 3. The van der Waals surface area contributed by atoms with Gasteiger partial charge in [0, 0.05) is 27.4 Å². The molecule has 0 spiro atoms. The largest absolute Gasteiger partial charge is 0.480 e. The lowest BCUT2D eigenvalue weighted by Crippen LogP contribution is -2.33. The number of carboxylic acid groups (broad SMARTS) is 1. The Morgan fingerprint density at radius 3 is 2.44 bits per heavy atom. The molecule has 9 nitrogen and oxygen atoms in total. The van der Waals surface area contributed by atoms with Crippen LogP contribution >= 0.6 is 22.9 Å². The van der Waals surface area contributed by atoms with Crippen LogP contribution in [0.5, 0.6) is 0 Å². The second-order valence-corrected chi connectivity index (χ2v) is 10.7. The number of carbonyl (C=O) groups is 2. The van der Waals surface area contributed by atoms with Gasteiger partial charge in [0.1, 0.15) is 22.9 Å². The number of aryl methyl sites for hydroxylation is 2. The van der Waals surface area contributed by atoms with Crippen LogP contribution in [0.1, 0.15) is 64.9 Å². The molecular formula is C25H29ClN6O3S. The van der Waals surface area contributed by atoms with E-state index in [2.05, 4.69) is 24.0 Å². The van der Waals surface area contributed by atoms with E-state index in [1.54, 1.807) is 11.3 Å². The molecule has 5 N–H and O–H groups in total. The van der Waals surface area contributed by atoms with E-state index in [0.29, 0.717) is 29.5 Å². The Labute approximate surface area is 218 Å². The highest BCUT2D eigenvalue weighted by Gasteiger charge is 2.33. The molecule has 0 radical (unpaired) electrons. The van der Waals surface area contributed by atoms with E-state index < -0.39 is 24.1 Å². The number of nitrogens with zero attached hydrogens (tertiary/aromatic N) is 4. The van der Waals surface area contributed by atoms with Crippen LogP contribution in [0.25, 0.3) is 5.00 Å². The number of halogens is 1. The minimum absolute atomic E-state index is 0.0499. The van der Waals surface area contributed by atoms with Crippen molar-refractivity contribution in [2.24, 2.45) is 16.5 Å². The van der Waals surface area contributed by atoms with Gasteiger partial charge in [-0.3, -0.25) is 19.1 Å². The number of aromatic nitrogens is 3. The average molecular weight is 529 g/mol. The van der Waals surface area contributed by atoms with E-state index in [0.717, 1.165) is 32.3 Å². The molecule has 190 valence electrons. The fourth-order valence-electron chi connectivity index (χ4n) is 4.32. The third kappa shape index (κ3) is 5.12. The maximum absolute atomic E-state index is 13.2. The Morgan fingerprint density at radius 2 is 1.78 bits per heavy atom. The summed E-state index contributed by atoms with van der Waals surface area (Å²) in [7, 11) is 0. The summed E-state index contributed by atoms with van der Waals surface area (Å²) in [5.41, 5.74) is 15.5. The SMILES string of the molecule is Cc1sc2c(c1C)C(c1ccc(Cl)cc1)=N[C@@H](CC(=O)C(N)CCC[C@H](N)C(=O)O)c1nnc(C)n1-2. The van der Waals surface area contributed by atoms with Crippen LogP contribution in [0.3, 0.4) is 0 Å². The number of carboxylic acids is 1. The summed E-state index contributed by atoms with van der Waals surface area (Å²) >= 11 is 7.79. The Morgan fingerprint density at radius 1 is 1.11 bits per heavy atom. The van der Waals surface area contributed by atoms with Gasteiger partial charge in [-0.25, -0.2) is 0 Å². The highest BCUT2D eigenvalue weighted by atomic mass is 35.5. The molecule has 4 rings (SSSR count). The normalized spacial score (nSPS) is 16.5. The molecule has 3 aromatic rings. The second kappa shape index (κ2) is 10.6. The van der Waals surface area contributed by atoms with Gasteiger partial charge in [0.25, 0.3) is 0 Å². The fraction of sp³-hybridized carbons (Fsp3) is 0.400. The van der Waals surface area contributed by atoms with Crippen molar-refractivity contribution in [3.8, 4) is 5.00 Å². The first-order valence-corrected chi connectivity index (χ1v) is 12.9. The number of aliphatic imine (C=N–C) groups is 1. The zero-order valence-electron chi connectivity index (χ0n) is 20.4. The van der Waals surface area contributed by atoms with Crippen LogP contribution in [0.15, 0.2) is 29.3 Å². The highest BCUT2D eigenvalue weighted by molar-refractivity contribution is 7.15. The van der Waals surface area contributed by atoms with Gasteiger partial charge in [-0.1, -0.05) is 23.7 Å². The maximum atomic E-state index is 13.2. The minimum atomic E-state index is -1.06. The number of ketones is 1. The van der Waals surface area contributed by atoms with Crippen molar-refractivity contribution < 1.29 is 14.7 Å². The molecule has 0 fully saturated rings. The van der Waals surface area contributed by atoms with E-state index in [1.807, 2.05) is 35.8 Å². The molecule has 1 aromatic carbocycles. The molecule has 0 aliphatic carbocycles. The lowest BCUT2D eigenvalue weighted by molar-refractivity contribution is -0.138. The lowest BCUT2D eigenvalue weighted by atomic mass is 9.98. The van der Waals surface area contributed by atoms with Crippen molar-refractivity contribution in [1.82, 2.24) is 14.8 Å². The molecule has 1 aliphatic rings. The summed E-state index contributed by atoms with van der Waals surface area (Å²) in [6, 6.07) is 5.19. The molecule has 0 amide bonds. The molecule has 3 heterocycles. The first-order valence-electron chi connectivity index (χ1n) is 11.7. The van der Waals surface area contributed by atoms with Crippen molar-refractivity contribution >= 4 is 40.4 Å². The van der Waals surface area contributed by atoms with Crippen LogP contribution in [0, 0.1) is 20.8 Å². The van der Waals surface area contributed by atoms with Crippen LogP contribution in [0.2, 0.25) is 5.02 Å². The van der Waals surface area contributed by atoms with Gasteiger partial charge < -0.3 is 16.6 Å². The van der Waals surface area contributed by atoms with Crippen molar-refractivity contribution in [3.05, 3.63) is 62.5 Å². The summed E-state index contributed by atoms with van der Waals surface area (Å²) in [6.07, 6.45) is 1.09. The number of thiophene rings is 1. The first kappa shape index (κ1) is 26.2. The number of benzene rings is 1. The van der Waals surface area contributed by atoms with Crippen LogP contribution in [0.4, 0.5) is 0 Å². The Kier molecular flexibility index (Phi) is 7.70. The van der Waals surface area contributed by atoms with Crippen molar-refractivity contribution in [1.29, 1.82) is 0 Å². The number of Topliss-reactive ketones (excluding diaryl/α,β-unsaturated/α-hetero) is 1. The molecule has 1 aliphatic heterocycles. The molecule has 11 heteroatoms. The van der Waals surface area contributed by atoms with E-state index in [9.17, 15) is 9.59 Å². The highest BCUT2D eigenvalue weighted by Crippen LogP contribution is 2.39. The molecular weight excluding hydrogens is 500 g/mol. The van der Waals surface area contributed by atoms with Crippen LogP contribution < -0.4 is 11.5 Å². The Balaban J connectivity index is 1.70. The summed E-state index contributed by atoms with van der Waals surface area (Å²) in [5.74, 6) is 0.0652. The second-order valence-electron chi connectivity index (χ2n) is 9.06. The zero-order chi connectivity index (χ0) is 26.1. The third-order valence-corrected chi connectivity index (χ3v) is 7.96. The average Bonchev–Trinajstić information content (AvgIpc) is 3.31.